The van der Waals surface area contributed by atoms with Crippen LogP contribution in [0.5, 0.6) is 0 Å². The van der Waals surface area contributed by atoms with Crippen molar-refractivity contribution in [2.75, 3.05) is 0 Å². The van der Waals surface area contributed by atoms with Crippen LogP contribution in [0.25, 0.3) is 0 Å². The molecule has 1 aliphatic carbocycles. The van der Waals surface area contributed by atoms with Gasteiger partial charge in [-0.3, -0.25) is 0 Å². The first-order valence-electron chi connectivity index (χ1n) is 4.87. The molecule has 2 rings (SSSR count). The molecule has 0 atom stereocenters. The summed E-state index contributed by atoms with van der Waals surface area (Å²) >= 11 is 6.08. The van der Waals surface area contributed by atoms with Gasteiger partial charge in [0.2, 0.25) is 0 Å². The molecule has 0 unspecified atom stereocenters. The molecule has 1 aliphatic rings. The third kappa shape index (κ3) is 1.33. The van der Waals surface area contributed by atoms with Gasteiger partial charge in [0.25, 0.3) is 0 Å². The van der Waals surface area contributed by atoms with E-state index in [0.717, 1.165) is 18.4 Å². The Kier molecular flexibility index (Phi) is 2.09. The van der Waals surface area contributed by atoms with Crippen molar-refractivity contribution in [1.29, 1.82) is 0 Å². The fourth-order valence-electron chi connectivity index (χ4n) is 1.88. The van der Waals surface area contributed by atoms with E-state index >= 15 is 0 Å². The third-order valence-electron chi connectivity index (χ3n) is 3.47. The summed E-state index contributed by atoms with van der Waals surface area (Å²) in [6.45, 7) is 4.28. The fourth-order valence-corrected chi connectivity index (χ4v) is 2.24. The number of halogens is 1. The lowest BCUT2D eigenvalue weighted by Gasteiger charge is -2.32. The maximum atomic E-state index is 6.24. The van der Waals surface area contributed by atoms with Gasteiger partial charge in [0.15, 0.2) is 0 Å². The van der Waals surface area contributed by atoms with Gasteiger partial charge in [-0.15, -0.1) is 0 Å². The largest absolute Gasteiger partial charge is 0.324 e. The Balaban J connectivity index is 2.44. The van der Waals surface area contributed by atoms with Crippen molar-refractivity contribution in [3.05, 3.63) is 29.0 Å². The summed E-state index contributed by atoms with van der Waals surface area (Å²) in [4.78, 5) is 4.10. The number of pyridine rings is 1. The number of nitrogens with two attached hydrogens (primary N) is 1. The first-order valence-corrected chi connectivity index (χ1v) is 5.25. The van der Waals surface area contributed by atoms with Crippen LogP contribution in [-0.2, 0) is 5.41 Å². The number of hydrogen-bond acceptors (Lipinski definition) is 2. The van der Waals surface area contributed by atoms with Crippen molar-refractivity contribution in [2.45, 2.75) is 37.6 Å². The van der Waals surface area contributed by atoms with Gasteiger partial charge >= 0.3 is 0 Å². The van der Waals surface area contributed by atoms with Gasteiger partial charge in [-0.25, -0.2) is 4.98 Å². The highest BCUT2D eigenvalue weighted by molar-refractivity contribution is 6.30. The molecule has 0 spiro atoms. The normalized spacial score (nSPS) is 19.4. The molecule has 1 fully saturated rings. The molecule has 14 heavy (non-hydrogen) atoms. The first kappa shape index (κ1) is 9.94. The second-order valence-electron chi connectivity index (χ2n) is 4.62. The van der Waals surface area contributed by atoms with Gasteiger partial charge in [0.05, 0.1) is 0 Å². The molecule has 0 radical (unpaired) electrons. The van der Waals surface area contributed by atoms with Gasteiger partial charge < -0.3 is 5.73 Å². The van der Waals surface area contributed by atoms with Gasteiger partial charge in [-0.1, -0.05) is 31.5 Å². The molecule has 0 amide bonds. The molecular weight excluding hydrogens is 196 g/mol. The molecule has 76 valence electrons. The predicted octanol–water partition coefficient (Wildman–Crippen LogP) is 2.50. The van der Waals surface area contributed by atoms with Crippen LogP contribution in [0.15, 0.2) is 18.3 Å². The number of aromatic nitrogens is 1. The van der Waals surface area contributed by atoms with Crippen LogP contribution in [-0.4, -0.2) is 10.5 Å². The van der Waals surface area contributed by atoms with E-state index in [1.54, 1.807) is 6.20 Å². The van der Waals surface area contributed by atoms with E-state index in [1.807, 2.05) is 12.1 Å². The standard InChI is InChI=1S/C11H15ClN2/c1-10(2,11(13)5-6-11)8-4-3-7-14-9(8)12/h3-4,7H,5-6,13H2,1-2H3. The molecule has 1 aromatic heterocycles. The predicted molar refractivity (Wildman–Crippen MR) is 58.4 cm³/mol. The highest BCUT2D eigenvalue weighted by atomic mass is 35.5. The molecule has 0 bridgehead atoms. The smallest absolute Gasteiger partial charge is 0.132 e. The summed E-state index contributed by atoms with van der Waals surface area (Å²) in [7, 11) is 0. The summed E-state index contributed by atoms with van der Waals surface area (Å²) in [5.74, 6) is 0. The van der Waals surface area contributed by atoms with Gasteiger partial charge in [0.1, 0.15) is 5.15 Å². The Morgan fingerprint density at radius 2 is 2.14 bits per heavy atom. The van der Waals surface area contributed by atoms with Gasteiger partial charge in [-0.05, 0) is 24.5 Å². The van der Waals surface area contributed by atoms with Gasteiger partial charge in [0, 0.05) is 17.2 Å². The minimum atomic E-state index is -0.0850. The lowest BCUT2D eigenvalue weighted by Crippen LogP contribution is -2.43. The van der Waals surface area contributed by atoms with Crippen molar-refractivity contribution >= 4 is 11.6 Å². The fraction of sp³-hybridized carbons (Fsp3) is 0.545. The summed E-state index contributed by atoms with van der Waals surface area (Å²) in [5.41, 5.74) is 7.13. The molecule has 2 N–H and O–H groups in total. The minimum absolute atomic E-state index is 0.0837. The zero-order valence-electron chi connectivity index (χ0n) is 8.55. The Labute approximate surface area is 89.5 Å². The molecule has 1 heterocycles. The minimum Gasteiger partial charge on any atom is -0.324 e. The lowest BCUT2D eigenvalue weighted by molar-refractivity contribution is 0.390. The van der Waals surface area contributed by atoms with Crippen LogP contribution >= 0.6 is 11.6 Å². The van der Waals surface area contributed by atoms with E-state index in [1.165, 1.54) is 0 Å². The van der Waals surface area contributed by atoms with Gasteiger partial charge in [-0.2, -0.15) is 0 Å². The van der Waals surface area contributed by atoms with Crippen molar-refractivity contribution in [2.24, 2.45) is 5.73 Å². The Hall–Kier alpha value is -0.600. The van der Waals surface area contributed by atoms with Crippen molar-refractivity contribution in [3.63, 3.8) is 0 Å². The van der Waals surface area contributed by atoms with Crippen LogP contribution in [0.3, 0.4) is 0 Å². The van der Waals surface area contributed by atoms with E-state index in [0.29, 0.717) is 5.15 Å². The van der Waals surface area contributed by atoms with E-state index in [2.05, 4.69) is 18.8 Å². The molecule has 3 heteroatoms. The lowest BCUT2D eigenvalue weighted by atomic mass is 9.77. The highest BCUT2D eigenvalue weighted by Crippen LogP contribution is 2.50. The quantitative estimate of drug-likeness (QED) is 0.762. The van der Waals surface area contributed by atoms with E-state index < -0.39 is 0 Å². The van der Waals surface area contributed by atoms with E-state index in [-0.39, 0.29) is 11.0 Å². The SMILES string of the molecule is CC(C)(c1cccnc1Cl)C1(N)CC1. The second-order valence-corrected chi connectivity index (χ2v) is 4.98. The summed E-state index contributed by atoms with van der Waals surface area (Å²) in [6.07, 6.45) is 3.86. The Morgan fingerprint density at radius 1 is 1.50 bits per heavy atom. The summed E-state index contributed by atoms with van der Waals surface area (Å²) in [6, 6.07) is 3.93. The molecule has 1 saturated carbocycles. The van der Waals surface area contributed by atoms with Crippen LogP contribution in [0.4, 0.5) is 0 Å². The zero-order valence-corrected chi connectivity index (χ0v) is 9.30. The molecule has 0 saturated heterocycles. The van der Waals surface area contributed by atoms with E-state index in [4.69, 9.17) is 17.3 Å². The maximum absolute atomic E-state index is 6.24. The zero-order chi connectivity index (χ0) is 10.4. The average Bonchev–Trinajstić information content (AvgIpc) is 2.86. The molecule has 1 aromatic rings. The molecular formula is C11H15ClN2. The van der Waals surface area contributed by atoms with Crippen molar-refractivity contribution in [3.8, 4) is 0 Å². The highest BCUT2D eigenvalue weighted by Gasteiger charge is 2.52. The van der Waals surface area contributed by atoms with Crippen molar-refractivity contribution in [1.82, 2.24) is 4.98 Å². The number of nitrogens with zero attached hydrogens (tertiary/aromatic N) is 1. The molecule has 0 aromatic carbocycles. The van der Waals surface area contributed by atoms with E-state index in [9.17, 15) is 0 Å². The van der Waals surface area contributed by atoms with Crippen molar-refractivity contribution < 1.29 is 0 Å². The summed E-state index contributed by atoms with van der Waals surface area (Å²) < 4.78 is 0. The summed E-state index contributed by atoms with van der Waals surface area (Å²) in [5, 5.41) is 0.578. The second kappa shape index (κ2) is 2.94. The molecule has 2 nitrogen and oxygen atoms in total. The van der Waals surface area contributed by atoms with Crippen LogP contribution < -0.4 is 5.73 Å². The van der Waals surface area contributed by atoms with Crippen LogP contribution in [0, 0.1) is 0 Å². The maximum Gasteiger partial charge on any atom is 0.132 e. The van der Waals surface area contributed by atoms with Crippen LogP contribution in [0.2, 0.25) is 5.15 Å². The average molecular weight is 211 g/mol. The monoisotopic (exact) mass is 210 g/mol. The first-order chi connectivity index (χ1) is 6.47. The Morgan fingerprint density at radius 3 is 2.64 bits per heavy atom. The third-order valence-corrected chi connectivity index (χ3v) is 3.77. The number of hydrogen-bond donors (Lipinski definition) is 1. The Bertz CT molecular complexity index is 356. The number of rotatable bonds is 2. The topological polar surface area (TPSA) is 38.9 Å². The molecule has 0 aliphatic heterocycles. The van der Waals surface area contributed by atoms with Crippen LogP contribution in [0.1, 0.15) is 32.3 Å².